The van der Waals surface area contributed by atoms with Gasteiger partial charge in [-0.05, 0) is 36.5 Å². The molecule has 0 atom stereocenters. The predicted molar refractivity (Wildman–Crippen MR) is 88.2 cm³/mol. The van der Waals surface area contributed by atoms with Crippen LogP contribution >= 0.6 is 12.2 Å². The molecule has 0 bridgehead atoms. The van der Waals surface area contributed by atoms with E-state index >= 15 is 0 Å². The standard InChI is InChI=1S/C12H13N5O4S2/c1-6(18)14-7-2-4-8(5-3-7)23(20,21)17-9-10(13)15-12(22)16-11(9)19/h2-5,17H,1H3,(H,14,18)(H4,13,15,16,19,22). The van der Waals surface area contributed by atoms with Crippen molar-refractivity contribution in [1.29, 1.82) is 0 Å². The Bertz CT molecular complexity index is 960. The number of nitrogens with two attached hydrogens (primary N) is 1. The number of amides is 1. The van der Waals surface area contributed by atoms with Crippen molar-refractivity contribution in [2.75, 3.05) is 15.8 Å². The van der Waals surface area contributed by atoms with Gasteiger partial charge in [0.2, 0.25) is 5.91 Å². The summed E-state index contributed by atoms with van der Waals surface area (Å²) < 4.78 is 26.6. The van der Waals surface area contributed by atoms with Crippen LogP contribution in [0.25, 0.3) is 0 Å². The van der Waals surface area contributed by atoms with Gasteiger partial charge in [-0.1, -0.05) is 0 Å². The molecule has 0 aliphatic rings. The Kier molecular flexibility index (Phi) is 4.52. The van der Waals surface area contributed by atoms with E-state index in [2.05, 4.69) is 20.0 Å². The third-order valence-corrected chi connectivity index (χ3v) is 4.26. The summed E-state index contributed by atoms with van der Waals surface area (Å²) in [5.74, 6) is -0.477. The number of hydrogen-bond acceptors (Lipinski definition) is 6. The minimum Gasteiger partial charge on any atom is -0.383 e. The molecule has 9 nitrogen and oxygen atoms in total. The number of rotatable bonds is 4. The number of hydrogen-bond donors (Lipinski definition) is 5. The number of anilines is 3. The van der Waals surface area contributed by atoms with Crippen LogP contribution in [-0.4, -0.2) is 24.3 Å². The molecule has 11 heteroatoms. The van der Waals surface area contributed by atoms with Crippen LogP contribution in [0.4, 0.5) is 17.2 Å². The molecular weight excluding hydrogens is 342 g/mol. The number of nitrogen functional groups attached to an aromatic ring is 1. The number of aromatic nitrogens is 2. The number of carbonyl (C=O) groups is 1. The van der Waals surface area contributed by atoms with Crippen LogP contribution in [0.15, 0.2) is 34.0 Å². The normalized spacial score (nSPS) is 11.0. The molecule has 0 saturated heterocycles. The third kappa shape index (κ3) is 3.96. The number of sulfonamides is 1. The zero-order valence-electron chi connectivity index (χ0n) is 11.8. The van der Waals surface area contributed by atoms with Gasteiger partial charge in [-0.25, -0.2) is 8.42 Å². The van der Waals surface area contributed by atoms with Crippen LogP contribution in [0.5, 0.6) is 0 Å². The van der Waals surface area contributed by atoms with Gasteiger partial charge in [0.25, 0.3) is 15.6 Å². The highest BCUT2D eigenvalue weighted by Crippen LogP contribution is 2.18. The van der Waals surface area contributed by atoms with E-state index < -0.39 is 15.6 Å². The largest absolute Gasteiger partial charge is 0.383 e. The minimum atomic E-state index is -4.03. The summed E-state index contributed by atoms with van der Waals surface area (Å²) >= 11 is 4.73. The summed E-state index contributed by atoms with van der Waals surface area (Å²) in [5, 5.41) is 2.51. The van der Waals surface area contributed by atoms with Gasteiger partial charge in [-0.3, -0.25) is 19.3 Å². The smallest absolute Gasteiger partial charge is 0.278 e. The maximum atomic E-state index is 12.3. The molecule has 0 aliphatic heterocycles. The van der Waals surface area contributed by atoms with E-state index in [1.807, 2.05) is 0 Å². The zero-order chi connectivity index (χ0) is 17.2. The maximum Gasteiger partial charge on any atom is 0.278 e. The average molecular weight is 355 g/mol. The zero-order valence-corrected chi connectivity index (χ0v) is 13.5. The lowest BCUT2D eigenvalue weighted by Crippen LogP contribution is -2.22. The summed E-state index contributed by atoms with van der Waals surface area (Å²) in [6.45, 7) is 1.33. The van der Waals surface area contributed by atoms with Crippen LogP contribution in [-0.2, 0) is 14.8 Å². The first-order valence-corrected chi connectivity index (χ1v) is 8.11. The van der Waals surface area contributed by atoms with Gasteiger partial charge in [-0.15, -0.1) is 0 Å². The molecule has 122 valence electrons. The Morgan fingerprint density at radius 3 is 2.35 bits per heavy atom. The van der Waals surface area contributed by atoms with Gasteiger partial charge in [0.1, 0.15) is 5.82 Å². The molecule has 1 amide bonds. The Morgan fingerprint density at radius 2 is 1.83 bits per heavy atom. The van der Waals surface area contributed by atoms with Crippen molar-refractivity contribution in [3.8, 4) is 0 Å². The van der Waals surface area contributed by atoms with E-state index in [0.717, 1.165) is 0 Å². The van der Waals surface area contributed by atoms with Gasteiger partial charge in [0.05, 0.1) is 4.90 Å². The van der Waals surface area contributed by atoms with E-state index in [-0.39, 0.29) is 27.1 Å². The number of aromatic amines is 2. The highest BCUT2D eigenvalue weighted by molar-refractivity contribution is 7.92. The average Bonchev–Trinajstić information content (AvgIpc) is 2.43. The Labute approximate surface area is 136 Å². The van der Waals surface area contributed by atoms with E-state index in [9.17, 15) is 18.0 Å². The van der Waals surface area contributed by atoms with E-state index in [4.69, 9.17) is 18.0 Å². The molecule has 0 radical (unpaired) electrons. The van der Waals surface area contributed by atoms with Crippen LogP contribution in [0.1, 0.15) is 6.92 Å². The van der Waals surface area contributed by atoms with E-state index in [1.165, 1.54) is 31.2 Å². The Morgan fingerprint density at radius 1 is 1.22 bits per heavy atom. The Hall–Kier alpha value is -2.66. The molecule has 0 fully saturated rings. The van der Waals surface area contributed by atoms with Gasteiger partial charge in [0, 0.05) is 12.6 Å². The van der Waals surface area contributed by atoms with Crippen molar-refractivity contribution in [3.63, 3.8) is 0 Å². The van der Waals surface area contributed by atoms with E-state index in [1.54, 1.807) is 0 Å². The maximum absolute atomic E-state index is 12.3. The molecule has 6 N–H and O–H groups in total. The topological polar surface area (TPSA) is 150 Å². The van der Waals surface area contributed by atoms with E-state index in [0.29, 0.717) is 5.69 Å². The first-order chi connectivity index (χ1) is 10.7. The van der Waals surface area contributed by atoms with Gasteiger partial charge < -0.3 is 16.0 Å². The summed E-state index contributed by atoms with van der Waals surface area (Å²) in [6.07, 6.45) is 0. The summed E-state index contributed by atoms with van der Waals surface area (Å²) in [6, 6.07) is 5.40. The van der Waals surface area contributed by atoms with Crippen molar-refractivity contribution >= 4 is 45.3 Å². The van der Waals surface area contributed by atoms with Crippen LogP contribution < -0.4 is 21.3 Å². The fourth-order valence-electron chi connectivity index (χ4n) is 1.72. The molecule has 0 spiro atoms. The lowest BCUT2D eigenvalue weighted by Gasteiger charge is -2.10. The summed E-state index contributed by atoms with van der Waals surface area (Å²) in [4.78, 5) is 27.3. The fraction of sp³-hybridized carbons (Fsp3) is 0.0833. The van der Waals surface area contributed by atoms with Gasteiger partial charge >= 0.3 is 0 Å². The quantitative estimate of drug-likeness (QED) is 0.511. The summed E-state index contributed by atoms with van der Waals surface area (Å²) in [7, 11) is -4.03. The second-order valence-corrected chi connectivity index (χ2v) is 6.60. The highest BCUT2D eigenvalue weighted by Gasteiger charge is 2.18. The highest BCUT2D eigenvalue weighted by atomic mass is 32.2. The number of nitrogens with one attached hydrogen (secondary N) is 4. The SMILES string of the molecule is CC(=O)Nc1ccc(S(=O)(=O)Nc2c(N)[nH]c(=S)[nH]c2=O)cc1. The first kappa shape index (κ1) is 16.7. The second kappa shape index (κ2) is 6.22. The molecule has 23 heavy (non-hydrogen) atoms. The molecule has 1 heterocycles. The lowest BCUT2D eigenvalue weighted by molar-refractivity contribution is -0.114. The first-order valence-electron chi connectivity index (χ1n) is 6.21. The van der Waals surface area contributed by atoms with Crippen molar-refractivity contribution in [2.24, 2.45) is 0 Å². The van der Waals surface area contributed by atoms with Crippen molar-refractivity contribution in [2.45, 2.75) is 11.8 Å². The van der Waals surface area contributed by atoms with Crippen molar-refractivity contribution < 1.29 is 13.2 Å². The Balaban J connectivity index is 2.34. The van der Waals surface area contributed by atoms with Crippen LogP contribution in [0.3, 0.4) is 0 Å². The number of benzene rings is 1. The van der Waals surface area contributed by atoms with Crippen LogP contribution in [0.2, 0.25) is 0 Å². The van der Waals surface area contributed by atoms with Crippen molar-refractivity contribution in [1.82, 2.24) is 9.97 Å². The number of H-pyrrole nitrogens is 2. The number of carbonyl (C=O) groups excluding carboxylic acids is 1. The molecular formula is C12H13N5O4S2. The molecule has 1 aromatic heterocycles. The molecule has 2 rings (SSSR count). The summed E-state index contributed by atoms with van der Waals surface area (Å²) in [5.41, 5.74) is 4.90. The van der Waals surface area contributed by atoms with Gasteiger partial charge in [-0.2, -0.15) is 0 Å². The fourth-order valence-corrected chi connectivity index (χ4v) is 3.01. The molecule has 0 unspecified atom stereocenters. The lowest BCUT2D eigenvalue weighted by atomic mass is 10.3. The van der Waals surface area contributed by atoms with Crippen LogP contribution in [0, 0.1) is 4.77 Å². The minimum absolute atomic E-state index is 0.0184. The molecule has 0 saturated carbocycles. The molecule has 2 aromatic rings. The predicted octanol–water partition coefficient (Wildman–Crippen LogP) is 0.774. The molecule has 0 aliphatic carbocycles. The molecule has 1 aromatic carbocycles. The third-order valence-electron chi connectivity index (χ3n) is 2.69. The van der Waals surface area contributed by atoms with Crippen molar-refractivity contribution in [3.05, 3.63) is 39.4 Å². The van der Waals surface area contributed by atoms with Gasteiger partial charge in [0.15, 0.2) is 10.5 Å². The second-order valence-electron chi connectivity index (χ2n) is 4.51. The monoisotopic (exact) mass is 355 g/mol.